The first kappa shape index (κ1) is 21.3. The first-order valence-corrected chi connectivity index (χ1v) is 11.0. The first-order chi connectivity index (χ1) is 13.5. The van der Waals surface area contributed by atoms with E-state index in [1.54, 1.807) is 0 Å². The van der Waals surface area contributed by atoms with Gasteiger partial charge in [0.25, 0.3) is 0 Å². The number of likely N-dealkylation sites (tertiary alicyclic amines) is 2. The standard InChI is InChI=1S/C22H37N3O3/c1-18(2)8-14-24-15-10-22(11-16-24)9-7-19(28-22)17-23-20(26)5-3-12-25-13-4-6-21(25)27/h8,19H,3-7,9-17H2,1-2H3,(H,23,26). The lowest BCUT2D eigenvalue weighted by Gasteiger charge is -2.39. The molecule has 0 saturated carbocycles. The molecule has 3 heterocycles. The Bertz CT molecular complexity index is 578. The van der Waals surface area contributed by atoms with Crippen LogP contribution >= 0.6 is 0 Å². The lowest BCUT2D eigenvalue weighted by Crippen LogP contribution is -2.45. The van der Waals surface area contributed by atoms with Gasteiger partial charge in [-0.3, -0.25) is 14.5 Å². The van der Waals surface area contributed by atoms with Crippen LogP contribution in [0.4, 0.5) is 0 Å². The van der Waals surface area contributed by atoms with Crippen molar-refractivity contribution in [3.8, 4) is 0 Å². The van der Waals surface area contributed by atoms with Crippen LogP contribution in [0, 0.1) is 0 Å². The third-order valence-electron chi connectivity index (χ3n) is 6.39. The van der Waals surface area contributed by atoms with Crippen LogP contribution in [0.15, 0.2) is 11.6 Å². The highest BCUT2D eigenvalue weighted by Gasteiger charge is 2.42. The van der Waals surface area contributed by atoms with Gasteiger partial charge in [0.2, 0.25) is 11.8 Å². The van der Waals surface area contributed by atoms with Gasteiger partial charge in [0.1, 0.15) is 0 Å². The van der Waals surface area contributed by atoms with Crippen LogP contribution < -0.4 is 5.32 Å². The molecule has 3 aliphatic heterocycles. The number of rotatable bonds is 8. The maximum absolute atomic E-state index is 12.1. The van der Waals surface area contributed by atoms with Gasteiger partial charge in [-0.15, -0.1) is 0 Å². The Morgan fingerprint density at radius 3 is 2.71 bits per heavy atom. The molecule has 1 atom stereocenters. The number of nitrogens with zero attached hydrogens (tertiary/aromatic N) is 2. The van der Waals surface area contributed by atoms with Crippen LogP contribution in [0.5, 0.6) is 0 Å². The summed E-state index contributed by atoms with van der Waals surface area (Å²) >= 11 is 0. The van der Waals surface area contributed by atoms with Crippen molar-refractivity contribution >= 4 is 11.8 Å². The number of nitrogens with one attached hydrogen (secondary N) is 1. The van der Waals surface area contributed by atoms with E-state index in [1.807, 2.05) is 4.90 Å². The van der Waals surface area contributed by atoms with Crippen LogP contribution in [-0.4, -0.2) is 72.6 Å². The number of hydrogen-bond acceptors (Lipinski definition) is 4. The molecule has 6 nitrogen and oxygen atoms in total. The summed E-state index contributed by atoms with van der Waals surface area (Å²) in [4.78, 5) is 28.1. The fourth-order valence-corrected chi connectivity index (χ4v) is 4.55. The molecule has 28 heavy (non-hydrogen) atoms. The van der Waals surface area contributed by atoms with E-state index in [2.05, 4.69) is 30.1 Å². The number of amides is 2. The Morgan fingerprint density at radius 1 is 1.25 bits per heavy atom. The normalized spacial score (nSPS) is 24.7. The third-order valence-corrected chi connectivity index (χ3v) is 6.39. The molecule has 1 unspecified atom stereocenters. The lowest BCUT2D eigenvalue weighted by atomic mass is 9.88. The number of carbonyl (C=O) groups is 2. The quantitative estimate of drug-likeness (QED) is 0.646. The van der Waals surface area contributed by atoms with Crippen molar-refractivity contribution in [3.05, 3.63) is 11.6 Å². The van der Waals surface area contributed by atoms with Gasteiger partial charge in [-0.05, 0) is 52.4 Å². The zero-order valence-corrected chi connectivity index (χ0v) is 17.7. The zero-order valence-electron chi connectivity index (χ0n) is 17.7. The van der Waals surface area contributed by atoms with Crippen LogP contribution in [-0.2, 0) is 14.3 Å². The summed E-state index contributed by atoms with van der Waals surface area (Å²) in [5.74, 6) is 0.310. The second-order valence-corrected chi connectivity index (χ2v) is 8.94. The van der Waals surface area contributed by atoms with Crippen LogP contribution in [0.1, 0.15) is 65.2 Å². The van der Waals surface area contributed by atoms with E-state index >= 15 is 0 Å². The van der Waals surface area contributed by atoms with E-state index in [0.717, 1.165) is 64.7 Å². The van der Waals surface area contributed by atoms with Crippen molar-refractivity contribution in [2.75, 3.05) is 39.3 Å². The molecule has 0 bridgehead atoms. The molecule has 0 aliphatic carbocycles. The smallest absolute Gasteiger partial charge is 0.222 e. The highest BCUT2D eigenvalue weighted by atomic mass is 16.5. The molecule has 0 aromatic rings. The number of ether oxygens (including phenoxy) is 1. The number of allylic oxidation sites excluding steroid dienone is 1. The molecule has 0 aromatic heterocycles. The lowest BCUT2D eigenvalue weighted by molar-refractivity contribution is -0.128. The number of hydrogen-bond donors (Lipinski definition) is 1. The predicted molar refractivity (Wildman–Crippen MR) is 110 cm³/mol. The van der Waals surface area contributed by atoms with Crippen molar-refractivity contribution in [2.45, 2.75) is 76.9 Å². The van der Waals surface area contributed by atoms with E-state index in [0.29, 0.717) is 25.9 Å². The molecule has 1 N–H and O–H groups in total. The minimum atomic E-state index is 0.0347. The second kappa shape index (κ2) is 9.88. The van der Waals surface area contributed by atoms with E-state index in [1.165, 1.54) is 5.57 Å². The Labute approximate surface area is 169 Å². The summed E-state index contributed by atoms with van der Waals surface area (Å²) < 4.78 is 6.40. The van der Waals surface area contributed by atoms with Gasteiger partial charge in [0.15, 0.2) is 0 Å². The Kier molecular flexibility index (Phi) is 7.52. The van der Waals surface area contributed by atoms with Gasteiger partial charge in [-0.2, -0.15) is 0 Å². The maximum Gasteiger partial charge on any atom is 0.222 e. The molecular weight excluding hydrogens is 354 g/mol. The summed E-state index contributed by atoms with van der Waals surface area (Å²) in [6.45, 7) is 9.71. The third kappa shape index (κ3) is 6.05. The minimum absolute atomic E-state index is 0.0347. The van der Waals surface area contributed by atoms with Gasteiger partial charge < -0.3 is 15.0 Å². The highest BCUT2D eigenvalue weighted by molar-refractivity contribution is 5.78. The SMILES string of the molecule is CC(C)=CCN1CCC2(CCC(CNC(=O)CCCN3CCCC3=O)O2)CC1. The topological polar surface area (TPSA) is 61.9 Å². The highest BCUT2D eigenvalue weighted by Crippen LogP contribution is 2.38. The molecule has 3 fully saturated rings. The summed E-state index contributed by atoms with van der Waals surface area (Å²) in [6.07, 6.45) is 9.64. The van der Waals surface area contributed by atoms with Crippen LogP contribution in [0.25, 0.3) is 0 Å². The van der Waals surface area contributed by atoms with E-state index < -0.39 is 0 Å². The van der Waals surface area contributed by atoms with Gasteiger partial charge in [0, 0.05) is 52.1 Å². The molecule has 1 spiro atoms. The van der Waals surface area contributed by atoms with Crippen molar-refractivity contribution < 1.29 is 14.3 Å². The molecule has 3 rings (SSSR count). The van der Waals surface area contributed by atoms with E-state index in [9.17, 15) is 9.59 Å². The first-order valence-electron chi connectivity index (χ1n) is 11.0. The van der Waals surface area contributed by atoms with Gasteiger partial charge in [-0.25, -0.2) is 0 Å². The molecule has 6 heteroatoms. The van der Waals surface area contributed by atoms with Gasteiger partial charge in [-0.1, -0.05) is 11.6 Å². The van der Waals surface area contributed by atoms with Crippen molar-refractivity contribution in [2.24, 2.45) is 0 Å². The van der Waals surface area contributed by atoms with Gasteiger partial charge in [0.05, 0.1) is 11.7 Å². The number of piperidine rings is 1. The van der Waals surface area contributed by atoms with Crippen molar-refractivity contribution in [3.63, 3.8) is 0 Å². The maximum atomic E-state index is 12.1. The van der Waals surface area contributed by atoms with Gasteiger partial charge >= 0.3 is 0 Å². The Morgan fingerprint density at radius 2 is 2.04 bits per heavy atom. The van der Waals surface area contributed by atoms with E-state index in [-0.39, 0.29) is 23.5 Å². The minimum Gasteiger partial charge on any atom is -0.370 e. The molecular formula is C22H37N3O3. The van der Waals surface area contributed by atoms with Crippen LogP contribution in [0.3, 0.4) is 0 Å². The predicted octanol–water partition coefficient (Wildman–Crippen LogP) is 2.49. The summed E-state index contributed by atoms with van der Waals surface area (Å²) in [5, 5.41) is 3.04. The second-order valence-electron chi connectivity index (χ2n) is 8.94. The monoisotopic (exact) mass is 391 g/mol. The Balaban J connectivity index is 1.30. The summed E-state index contributed by atoms with van der Waals surface area (Å²) in [7, 11) is 0. The summed E-state index contributed by atoms with van der Waals surface area (Å²) in [5.41, 5.74) is 1.41. The molecule has 2 amide bonds. The largest absolute Gasteiger partial charge is 0.370 e. The fraction of sp³-hybridized carbons (Fsp3) is 0.818. The molecule has 0 radical (unpaired) electrons. The zero-order chi connectivity index (χ0) is 20.0. The average molecular weight is 392 g/mol. The number of carbonyl (C=O) groups excluding carboxylic acids is 2. The Hall–Kier alpha value is -1.40. The molecule has 3 saturated heterocycles. The molecule has 0 aromatic carbocycles. The van der Waals surface area contributed by atoms with E-state index in [4.69, 9.17) is 4.74 Å². The fourth-order valence-electron chi connectivity index (χ4n) is 4.55. The average Bonchev–Trinajstić information content (AvgIpc) is 3.26. The summed E-state index contributed by atoms with van der Waals surface area (Å²) in [6, 6.07) is 0. The van der Waals surface area contributed by atoms with Crippen molar-refractivity contribution in [1.82, 2.24) is 15.1 Å². The van der Waals surface area contributed by atoms with Crippen molar-refractivity contribution in [1.29, 1.82) is 0 Å². The molecule has 158 valence electrons. The van der Waals surface area contributed by atoms with Crippen LogP contribution in [0.2, 0.25) is 0 Å². The molecule has 3 aliphatic rings.